The van der Waals surface area contributed by atoms with Gasteiger partial charge in [-0.1, -0.05) is 12.5 Å². The van der Waals surface area contributed by atoms with Gasteiger partial charge < -0.3 is 4.79 Å². The Morgan fingerprint density at radius 1 is 1.70 bits per heavy atom. The van der Waals surface area contributed by atoms with Crippen molar-refractivity contribution < 1.29 is 4.79 Å². The monoisotopic (exact) mass is 140 g/mol. The lowest BCUT2D eigenvalue weighted by atomic mass is 10.0. The normalized spacial score (nSPS) is 12.6. The average molecular weight is 140 g/mol. The molecule has 0 aromatic heterocycles. The Labute approximate surface area is 63.1 Å². The van der Waals surface area contributed by atoms with Crippen LogP contribution in [0.2, 0.25) is 0 Å². The molecule has 0 bridgehead atoms. The lowest BCUT2D eigenvalue weighted by Gasteiger charge is -2.01. The predicted molar refractivity (Wildman–Crippen MR) is 43.9 cm³/mol. The molecular weight excluding hydrogens is 124 g/mol. The topological polar surface area (TPSA) is 17.1 Å². The van der Waals surface area contributed by atoms with Crippen LogP contribution in [-0.4, -0.2) is 6.29 Å². The summed E-state index contributed by atoms with van der Waals surface area (Å²) < 4.78 is 0. The maximum atomic E-state index is 10.2. The quantitative estimate of drug-likeness (QED) is 0.423. The molecule has 0 radical (unpaired) electrons. The summed E-state index contributed by atoms with van der Waals surface area (Å²) in [6.07, 6.45) is 4.15. The molecule has 0 rings (SSSR count). The van der Waals surface area contributed by atoms with Crippen molar-refractivity contribution in [2.24, 2.45) is 5.92 Å². The summed E-state index contributed by atoms with van der Waals surface area (Å²) in [5, 5.41) is 0. The fraction of sp³-hybridized carbons (Fsp3) is 0.667. The van der Waals surface area contributed by atoms with E-state index in [2.05, 4.69) is 6.58 Å². The van der Waals surface area contributed by atoms with E-state index in [1.807, 2.05) is 13.8 Å². The van der Waals surface area contributed by atoms with Crippen molar-refractivity contribution in [2.45, 2.75) is 33.1 Å². The summed E-state index contributed by atoms with van der Waals surface area (Å²) >= 11 is 0. The standard InChI is InChI=1S/C9H16O/c1-8(2)5-4-6-9(3)7-10/h7,9H,1,4-6H2,2-3H3/t9-/m0/s1. The van der Waals surface area contributed by atoms with Crippen LogP contribution in [0.1, 0.15) is 33.1 Å². The van der Waals surface area contributed by atoms with Crippen LogP contribution in [-0.2, 0) is 4.79 Å². The minimum atomic E-state index is 0.222. The van der Waals surface area contributed by atoms with E-state index >= 15 is 0 Å². The highest BCUT2D eigenvalue weighted by molar-refractivity contribution is 5.52. The van der Waals surface area contributed by atoms with Crippen molar-refractivity contribution in [1.29, 1.82) is 0 Å². The van der Waals surface area contributed by atoms with E-state index in [0.29, 0.717) is 0 Å². The molecule has 0 amide bonds. The molecule has 0 aromatic carbocycles. The van der Waals surface area contributed by atoms with E-state index < -0.39 is 0 Å². The molecule has 0 fully saturated rings. The molecule has 0 aromatic rings. The van der Waals surface area contributed by atoms with E-state index in [1.54, 1.807) is 0 Å². The zero-order valence-corrected chi connectivity index (χ0v) is 6.89. The highest BCUT2D eigenvalue weighted by atomic mass is 16.1. The Morgan fingerprint density at radius 3 is 2.70 bits per heavy atom. The first-order valence-electron chi connectivity index (χ1n) is 3.76. The molecule has 1 heteroatoms. The molecule has 0 aliphatic carbocycles. The van der Waals surface area contributed by atoms with Crippen LogP contribution in [0.5, 0.6) is 0 Å². The highest BCUT2D eigenvalue weighted by Gasteiger charge is 1.97. The van der Waals surface area contributed by atoms with E-state index in [4.69, 9.17) is 0 Å². The summed E-state index contributed by atoms with van der Waals surface area (Å²) in [5.41, 5.74) is 1.21. The first-order valence-corrected chi connectivity index (χ1v) is 3.76. The fourth-order valence-corrected chi connectivity index (χ4v) is 0.794. The number of aldehydes is 1. The van der Waals surface area contributed by atoms with Gasteiger partial charge in [-0.3, -0.25) is 0 Å². The summed E-state index contributed by atoms with van der Waals surface area (Å²) in [5.74, 6) is 0.222. The van der Waals surface area contributed by atoms with Crippen LogP contribution in [0.3, 0.4) is 0 Å². The second kappa shape index (κ2) is 5.21. The van der Waals surface area contributed by atoms with Crippen LogP contribution in [0.4, 0.5) is 0 Å². The van der Waals surface area contributed by atoms with Gasteiger partial charge in [0, 0.05) is 5.92 Å². The largest absolute Gasteiger partial charge is 0.303 e. The molecule has 10 heavy (non-hydrogen) atoms. The molecule has 0 saturated carbocycles. The Morgan fingerprint density at radius 2 is 2.30 bits per heavy atom. The van der Waals surface area contributed by atoms with Crippen molar-refractivity contribution in [2.75, 3.05) is 0 Å². The van der Waals surface area contributed by atoms with Gasteiger partial charge in [-0.05, 0) is 26.2 Å². The van der Waals surface area contributed by atoms with Crippen molar-refractivity contribution in [3.8, 4) is 0 Å². The maximum Gasteiger partial charge on any atom is 0.122 e. The molecule has 0 unspecified atom stereocenters. The number of hydrogen-bond donors (Lipinski definition) is 0. The Balaban J connectivity index is 3.19. The third kappa shape index (κ3) is 5.54. The van der Waals surface area contributed by atoms with Crippen molar-refractivity contribution >= 4 is 6.29 Å². The first-order chi connectivity index (χ1) is 4.66. The van der Waals surface area contributed by atoms with Gasteiger partial charge >= 0.3 is 0 Å². The van der Waals surface area contributed by atoms with Gasteiger partial charge in [0.25, 0.3) is 0 Å². The summed E-state index contributed by atoms with van der Waals surface area (Å²) in [4.78, 5) is 10.2. The molecule has 0 heterocycles. The van der Waals surface area contributed by atoms with Crippen molar-refractivity contribution in [3.63, 3.8) is 0 Å². The average Bonchev–Trinajstić information content (AvgIpc) is 1.87. The van der Waals surface area contributed by atoms with Gasteiger partial charge in [0.1, 0.15) is 6.29 Å². The number of hydrogen-bond acceptors (Lipinski definition) is 1. The number of carbonyl (C=O) groups excluding carboxylic acids is 1. The maximum absolute atomic E-state index is 10.2. The van der Waals surface area contributed by atoms with E-state index in [0.717, 1.165) is 25.5 Å². The number of rotatable bonds is 5. The van der Waals surface area contributed by atoms with Gasteiger partial charge in [0.05, 0.1) is 0 Å². The van der Waals surface area contributed by atoms with Crippen LogP contribution in [0, 0.1) is 5.92 Å². The summed E-state index contributed by atoms with van der Waals surface area (Å²) in [6, 6.07) is 0. The Bertz CT molecular complexity index is 116. The second-order valence-corrected chi connectivity index (χ2v) is 2.96. The lowest BCUT2D eigenvalue weighted by molar-refractivity contribution is -0.110. The molecular formula is C9H16O. The van der Waals surface area contributed by atoms with E-state index in [1.165, 1.54) is 5.57 Å². The highest BCUT2D eigenvalue weighted by Crippen LogP contribution is 2.08. The summed E-state index contributed by atoms with van der Waals surface area (Å²) in [7, 11) is 0. The molecule has 0 saturated heterocycles. The predicted octanol–water partition coefficient (Wildman–Crippen LogP) is 2.57. The lowest BCUT2D eigenvalue weighted by Crippen LogP contribution is -1.94. The zero-order chi connectivity index (χ0) is 7.98. The van der Waals surface area contributed by atoms with Crippen molar-refractivity contribution in [3.05, 3.63) is 12.2 Å². The molecule has 0 aliphatic heterocycles. The first kappa shape index (κ1) is 9.41. The van der Waals surface area contributed by atoms with E-state index in [-0.39, 0.29) is 5.92 Å². The SMILES string of the molecule is C=C(C)CCC[C@H](C)C=O. The molecule has 1 nitrogen and oxygen atoms in total. The van der Waals surface area contributed by atoms with Gasteiger partial charge in [-0.15, -0.1) is 6.58 Å². The third-order valence-corrected chi connectivity index (χ3v) is 1.50. The minimum absolute atomic E-state index is 0.222. The van der Waals surface area contributed by atoms with Crippen molar-refractivity contribution in [1.82, 2.24) is 0 Å². The molecule has 0 spiro atoms. The number of carbonyl (C=O) groups is 1. The second-order valence-electron chi connectivity index (χ2n) is 2.96. The zero-order valence-electron chi connectivity index (χ0n) is 6.89. The minimum Gasteiger partial charge on any atom is -0.303 e. The molecule has 0 aliphatic rings. The molecule has 1 atom stereocenters. The smallest absolute Gasteiger partial charge is 0.122 e. The van der Waals surface area contributed by atoms with Gasteiger partial charge in [-0.2, -0.15) is 0 Å². The Hall–Kier alpha value is -0.590. The van der Waals surface area contributed by atoms with E-state index in [9.17, 15) is 4.79 Å². The van der Waals surface area contributed by atoms with Crippen LogP contribution in [0.15, 0.2) is 12.2 Å². The van der Waals surface area contributed by atoms with Crippen LogP contribution in [0.25, 0.3) is 0 Å². The molecule has 58 valence electrons. The summed E-state index contributed by atoms with van der Waals surface area (Å²) in [6.45, 7) is 7.76. The van der Waals surface area contributed by atoms with Gasteiger partial charge in [-0.25, -0.2) is 0 Å². The van der Waals surface area contributed by atoms with Gasteiger partial charge in [0.2, 0.25) is 0 Å². The number of allylic oxidation sites excluding steroid dienone is 1. The van der Waals surface area contributed by atoms with Gasteiger partial charge in [0.15, 0.2) is 0 Å². The van der Waals surface area contributed by atoms with Crippen LogP contribution >= 0.6 is 0 Å². The fourth-order valence-electron chi connectivity index (χ4n) is 0.794. The third-order valence-electron chi connectivity index (χ3n) is 1.50. The molecule has 0 N–H and O–H groups in total. The van der Waals surface area contributed by atoms with Crippen LogP contribution < -0.4 is 0 Å². The Kier molecular flexibility index (Phi) is 4.91.